The second-order valence-corrected chi connectivity index (χ2v) is 5.63. The SMILES string of the molecule is CCOC(C)c1nc2cc(C#Cc3ccccn3)ccc2c(=O)n1C. The van der Waals surface area contributed by atoms with Crippen LogP contribution in [0.25, 0.3) is 10.9 Å². The molecule has 0 radical (unpaired) electrons. The van der Waals surface area contributed by atoms with Gasteiger partial charge in [0.05, 0.1) is 10.9 Å². The fourth-order valence-electron chi connectivity index (χ4n) is 2.63. The zero-order valence-corrected chi connectivity index (χ0v) is 14.5. The summed E-state index contributed by atoms with van der Waals surface area (Å²) in [6.45, 7) is 4.37. The van der Waals surface area contributed by atoms with Crippen LogP contribution >= 0.6 is 0 Å². The Bertz CT molecular complexity index is 1010. The molecule has 1 unspecified atom stereocenters. The summed E-state index contributed by atoms with van der Waals surface area (Å²) >= 11 is 0. The van der Waals surface area contributed by atoms with Gasteiger partial charge in [-0.3, -0.25) is 9.36 Å². The fourth-order valence-corrected chi connectivity index (χ4v) is 2.63. The molecule has 0 bridgehead atoms. The van der Waals surface area contributed by atoms with Gasteiger partial charge in [0, 0.05) is 25.4 Å². The van der Waals surface area contributed by atoms with Crippen molar-refractivity contribution in [2.24, 2.45) is 7.05 Å². The van der Waals surface area contributed by atoms with E-state index in [4.69, 9.17) is 4.74 Å². The molecular formula is C20H19N3O2. The third-order valence-electron chi connectivity index (χ3n) is 3.89. The minimum Gasteiger partial charge on any atom is -0.371 e. The van der Waals surface area contributed by atoms with Crippen LogP contribution in [0.5, 0.6) is 0 Å². The van der Waals surface area contributed by atoms with Crippen molar-refractivity contribution in [1.82, 2.24) is 14.5 Å². The number of ether oxygens (including phenoxy) is 1. The Morgan fingerprint density at radius 2 is 2.08 bits per heavy atom. The maximum atomic E-state index is 12.6. The summed E-state index contributed by atoms with van der Waals surface area (Å²) in [7, 11) is 1.72. The summed E-state index contributed by atoms with van der Waals surface area (Å²) in [5.74, 6) is 6.69. The number of nitrogens with zero attached hydrogens (tertiary/aromatic N) is 3. The van der Waals surface area contributed by atoms with Gasteiger partial charge in [-0.25, -0.2) is 9.97 Å². The van der Waals surface area contributed by atoms with E-state index >= 15 is 0 Å². The summed E-state index contributed by atoms with van der Waals surface area (Å²) in [5, 5.41) is 0.568. The van der Waals surface area contributed by atoms with Crippen molar-refractivity contribution < 1.29 is 4.74 Å². The number of fused-ring (bicyclic) bond motifs is 1. The first-order chi connectivity index (χ1) is 12.1. The number of benzene rings is 1. The Balaban J connectivity index is 2.06. The molecule has 0 N–H and O–H groups in total. The van der Waals surface area contributed by atoms with Gasteiger partial charge in [-0.2, -0.15) is 0 Å². The van der Waals surface area contributed by atoms with Crippen LogP contribution in [0.1, 0.15) is 37.0 Å². The van der Waals surface area contributed by atoms with Crippen LogP contribution in [0.15, 0.2) is 47.4 Å². The Labute approximate surface area is 146 Å². The molecule has 0 aliphatic heterocycles. The third kappa shape index (κ3) is 3.59. The van der Waals surface area contributed by atoms with Crippen LogP contribution in [0.3, 0.4) is 0 Å². The normalized spacial score (nSPS) is 11.8. The smallest absolute Gasteiger partial charge is 0.261 e. The summed E-state index contributed by atoms with van der Waals surface area (Å²) in [6.07, 6.45) is 1.45. The predicted molar refractivity (Wildman–Crippen MR) is 97.2 cm³/mol. The van der Waals surface area contributed by atoms with E-state index in [1.165, 1.54) is 0 Å². The highest BCUT2D eigenvalue weighted by Gasteiger charge is 2.14. The molecule has 25 heavy (non-hydrogen) atoms. The van der Waals surface area contributed by atoms with E-state index in [1.807, 2.05) is 44.2 Å². The first-order valence-electron chi connectivity index (χ1n) is 8.15. The van der Waals surface area contributed by atoms with Crippen molar-refractivity contribution in [3.05, 3.63) is 70.0 Å². The van der Waals surface area contributed by atoms with Crippen molar-refractivity contribution in [3.63, 3.8) is 0 Å². The van der Waals surface area contributed by atoms with Gasteiger partial charge in [-0.1, -0.05) is 12.0 Å². The van der Waals surface area contributed by atoms with Crippen LogP contribution in [0.4, 0.5) is 0 Å². The van der Waals surface area contributed by atoms with E-state index in [-0.39, 0.29) is 11.7 Å². The molecule has 0 saturated carbocycles. The van der Waals surface area contributed by atoms with Gasteiger partial charge in [0.25, 0.3) is 5.56 Å². The van der Waals surface area contributed by atoms with E-state index in [9.17, 15) is 4.79 Å². The van der Waals surface area contributed by atoms with Gasteiger partial charge in [0.15, 0.2) is 0 Å². The quantitative estimate of drug-likeness (QED) is 0.692. The first-order valence-corrected chi connectivity index (χ1v) is 8.15. The third-order valence-corrected chi connectivity index (χ3v) is 3.89. The lowest BCUT2D eigenvalue weighted by atomic mass is 10.1. The highest BCUT2D eigenvalue weighted by molar-refractivity contribution is 5.79. The molecule has 0 fully saturated rings. The van der Waals surface area contributed by atoms with E-state index in [0.29, 0.717) is 29.0 Å². The largest absolute Gasteiger partial charge is 0.371 e. The summed E-state index contributed by atoms with van der Waals surface area (Å²) in [4.78, 5) is 21.4. The zero-order chi connectivity index (χ0) is 17.8. The van der Waals surface area contributed by atoms with E-state index in [0.717, 1.165) is 5.56 Å². The van der Waals surface area contributed by atoms with Gasteiger partial charge in [0.2, 0.25) is 0 Å². The van der Waals surface area contributed by atoms with Crippen LogP contribution in [0, 0.1) is 11.8 Å². The van der Waals surface area contributed by atoms with Gasteiger partial charge >= 0.3 is 0 Å². The minimum atomic E-state index is -0.254. The van der Waals surface area contributed by atoms with Crippen LogP contribution in [-0.4, -0.2) is 21.1 Å². The van der Waals surface area contributed by atoms with Gasteiger partial charge in [-0.15, -0.1) is 0 Å². The maximum absolute atomic E-state index is 12.6. The molecule has 2 heterocycles. The average Bonchev–Trinajstić information content (AvgIpc) is 2.64. The number of hydrogen-bond donors (Lipinski definition) is 0. The number of pyridine rings is 1. The topological polar surface area (TPSA) is 57.0 Å². The molecule has 0 spiro atoms. The standard InChI is InChI=1S/C20H19N3O2/c1-4-25-14(2)19-22-18-13-15(8-10-16-7-5-6-12-21-16)9-11-17(18)20(24)23(19)3/h5-7,9,11-14H,4H2,1-3H3. The van der Waals surface area contributed by atoms with Crippen LogP contribution in [0.2, 0.25) is 0 Å². The summed E-state index contributed by atoms with van der Waals surface area (Å²) < 4.78 is 7.13. The monoisotopic (exact) mass is 333 g/mol. The molecular weight excluding hydrogens is 314 g/mol. The molecule has 1 atom stereocenters. The molecule has 0 aliphatic carbocycles. The molecule has 0 amide bonds. The van der Waals surface area contributed by atoms with Crippen molar-refractivity contribution >= 4 is 10.9 Å². The number of hydrogen-bond acceptors (Lipinski definition) is 4. The molecule has 1 aromatic carbocycles. The lowest BCUT2D eigenvalue weighted by Crippen LogP contribution is -2.24. The van der Waals surface area contributed by atoms with E-state index < -0.39 is 0 Å². The Kier molecular flexibility index (Phi) is 4.92. The molecule has 3 aromatic rings. The second kappa shape index (κ2) is 7.29. The molecule has 3 rings (SSSR count). The fraction of sp³-hybridized carbons (Fsp3) is 0.250. The predicted octanol–water partition coefficient (Wildman–Crippen LogP) is 2.83. The average molecular weight is 333 g/mol. The van der Waals surface area contributed by atoms with Crippen LogP contribution < -0.4 is 5.56 Å². The zero-order valence-electron chi connectivity index (χ0n) is 14.5. The Hall–Kier alpha value is -2.97. The van der Waals surface area contributed by atoms with Crippen molar-refractivity contribution in [2.45, 2.75) is 20.0 Å². The summed E-state index contributed by atoms with van der Waals surface area (Å²) in [5.41, 5.74) is 2.02. The lowest BCUT2D eigenvalue weighted by molar-refractivity contribution is 0.0673. The van der Waals surface area contributed by atoms with E-state index in [2.05, 4.69) is 21.8 Å². The lowest BCUT2D eigenvalue weighted by Gasteiger charge is -2.15. The second-order valence-electron chi connectivity index (χ2n) is 5.63. The molecule has 0 aliphatic rings. The van der Waals surface area contributed by atoms with Crippen molar-refractivity contribution in [1.29, 1.82) is 0 Å². The van der Waals surface area contributed by atoms with Gasteiger partial charge in [0.1, 0.15) is 17.6 Å². The molecule has 5 heteroatoms. The highest BCUT2D eigenvalue weighted by Crippen LogP contribution is 2.17. The summed E-state index contributed by atoms with van der Waals surface area (Å²) in [6, 6.07) is 11.0. The van der Waals surface area contributed by atoms with Crippen LogP contribution in [-0.2, 0) is 11.8 Å². The molecule has 2 aromatic heterocycles. The minimum absolute atomic E-state index is 0.0872. The number of rotatable bonds is 3. The molecule has 126 valence electrons. The van der Waals surface area contributed by atoms with Crippen molar-refractivity contribution in [2.75, 3.05) is 6.61 Å². The van der Waals surface area contributed by atoms with Gasteiger partial charge < -0.3 is 4.74 Å². The van der Waals surface area contributed by atoms with Crippen molar-refractivity contribution in [3.8, 4) is 11.8 Å². The number of aromatic nitrogens is 3. The maximum Gasteiger partial charge on any atom is 0.261 e. The first kappa shape index (κ1) is 16.9. The molecule has 5 nitrogen and oxygen atoms in total. The van der Waals surface area contributed by atoms with Gasteiger partial charge in [-0.05, 0) is 50.1 Å². The Morgan fingerprint density at radius 3 is 2.80 bits per heavy atom. The Morgan fingerprint density at radius 1 is 1.24 bits per heavy atom. The van der Waals surface area contributed by atoms with E-state index in [1.54, 1.807) is 23.9 Å². The molecule has 0 saturated heterocycles. The highest BCUT2D eigenvalue weighted by atomic mass is 16.5.